The van der Waals surface area contributed by atoms with Crippen molar-refractivity contribution in [2.24, 2.45) is 5.92 Å². The first-order chi connectivity index (χ1) is 6.98. The van der Waals surface area contributed by atoms with Gasteiger partial charge in [-0.3, -0.25) is 0 Å². The van der Waals surface area contributed by atoms with Gasteiger partial charge in [-0.05, 0) is 25.4 Å². The van der Waals surface area contributed by atoms with Gasteiger partial charge in [-0.15, -0.1) is 0 Å². The van der Waals surface area contributed by atoms with Gasteiger partial charge in [0.15, 0.2) is 0 Å². The summed E-state index contributed by atoms with van der Waals surface area (Å²) in [6.07, 6.45) is 5.06. The van der Waals surface area contributed by atoms with Crippen molar-refractivity contribution < 1.29 is 8.85 Å². The zero-order chi connectivity index (χ0) is 11.7. The van der Waals surface area contributed by atoms with Gasteiger partial charge in [-0.25, -0.2) is 0 Å². The lowest BCUT2D eigenvalue weighted by Gasteiger charge is -2.23. The lowest BCUT2D eigenvalue weighted by atomic mass is 10.2. The molecule has 0 aromatic carbocycles. The van der Waals surface area contributed by atoms with E-state index in [9.17, 15) is 0 Å². The number of hydrogen-bond donors (Lipinski definition) is 0. The third-order valence-electron chi connectivity index (χ3n) is 2.21. The van der Waals surface area contributed by atoms with Gasteiger partial charge in [-0.2, -0.15) is 0 Å². The van der Waals surface area contributed by atoms with Crippen LogP contribution in [-0.4, -0.2) is 21.8 Å². The molecule has 0 saturated heterocycles. The van der Waals surface area contributed by atoms with E-state index >= 15 is 0 Å². The molecule has 0 aliphatic carbocycles. The molecule has 0 radical (unpaired) electrons. The molecule has 0 aliphatic rings. The molecule has 0 fully saturated rings. The monoisotopic (exact) mass is 232 g/mol. The summed E-state index contributed by atoms with van der Waals surface area (Å²) in [5, 5.41) is 0. The number of unbranched alkanes of at least 4 members (excludes halogenated alkanes) is 3. The molecule has 15 heavy (non-hydrogen) atoms. The summed E-state index contributed by atoms with van der Waals surface area (Å²) in [6.45, 7) is 12.5. The van der Waals surface area contributed by atoms with E-state index in [2.05, 4.69) is 33.9 Å². The van der Waals surface area contributed by atoms with Crippen LogP contribution in [0.25, 0.3) is 0 Å². The quantitative estimate of drug-likeness (QED) is 0.442. The maximum atomic E-state index is 5.84. The Hall–Kier alpha value is 0.137. The van der Waals surface area contributed by atoms with Crippen LogP contribution in [0.3, 0.4) is 0 Å². The predicted octanol–water partition coefficient (Wildman–Crippen LogP) is 3.96. The normalized spacial score (nSPS) is 12.4. The highest BCUT2D eigenvalue weighted by Gasteiger charge is 2.24. The Balaban J connectivity index is 3.46. The average molecular weight is 232 g/mol. The Bertz CT molecular complexity index is 147. The minimum Gasteiger partial charge on any atom is -0.395 e. The van der Waals surface area contributed by atoms with Gasteiger partial charge >= 0.3 is 8.56 Å². The van der Waals surface area contributed by atoms with Crippen LogP contribution in [0.1, 0.15) is 46.5 Å². The van der Waals surface area contributed by atoms with Crippen LogP contribution >= 0.6 is 0 Å². The number of hydrogen-bond acceptors (Lipinski definition) is 2. The van der Waals surface area contributed by atoms with Crippen LogP contribution in [0.5, 0.6) is 0 Å². The van der Waals surface area contributed by atoms with Crippen molar-refractivity contribution in [2.75, 3.05) is 13.2 Å². The lowest BCUT2D eigenvalue weighted by molar-refractivity contribution is 0.159. The first-order valence-corrected chi connectivity index (χ1v) is 9.07. The van der Waals surface area contributed by atoms with Gasteiger partial charge in [0.2, 0.25) is 0 Å². The molecular formula is C12H28O2Si. The fourth-order valence-electron chi connectivity index (χ4n) is 1.26. The van der Waals surface area contributed by atoms with Gasteiger partial charge in [0.25, 0.3) is 0 Å². The van der Waals surface area contributed by atoms with Crippen molar-refractivity contribution in [1.29, 1.82) is 0 Å². The average Bonchev–Trinajstić information content (AvgIpc) is 2.15. The highest BCUT2D eigenvalue weighted by molar-refractivity contribution is 6.64. The molecule has 92 valence electrons. The summed E-state index contributed by atoms with van der Waals surface area (Å²) >= 11 is 0. The molecule has 2 nitrogen and oxygen atoms in total. The second-order valence-corrected chi connectivity index (χ2v) is 8.39. The zero-order valence-corrected chi connectivity index (χ0v) is 12.1. The SMILES string of the molecule is CCCCCCO[Si](C)(C)OCC(C)C. The maximum absolute atomic E-state index is 5.84. The Labute approximate surface area is 96.6 Å². The van der Waals surface area contributed by atoms with Crippen molar-refractivity contribution in [3.8, 4) is 0 Å². The van der Waals surface area contributed by atoms with Gasteiger partial charge in [0.05, 0.1) is 0 Å². The van der Waals surface area contributed by atoms with Crippen LogP contribution in [0.2, 0.25) is 13.1 Å². The molecule has 0 saturated carbocycles. The van der Waals surface area contributed by atoms with Gasteiger partial charge in [-0.1, -0.05) is 40.0 Å². The smallest absolute Gasteiger partial charge is 0.331 e. The molecule has 0 unspecified atom stereocenters. The van der Waals surface area contributed by atoms with Crippen molar-refractivity contribution in [3.63, 3.8) is 0 Å². The maximum Gasteiger partial charge on any atom is 0.331 e. The van der Waals surface area contributed by atoms with E-state index in [0.717, 1.165) is 13.2 Å². The Morgan fingerprint density at radius 1 is 1.00 bits per heavy atom. The van der Waals surface area contributed by atoms with Gasteiger partial charge < -0.3 is 8.85 Å². The summed E-state index contributed by atoms with van der Waals surface area (Å²) in [4.78, 5) is 0. The molecule has 0 amide bonds. The first kappa shape index (κ1) is 15.1. The highest BCUT2D eigenvalue weighted by atomic mass is 28.4. The molecule has 3 heteroatoms. The largest absolute Gasteiger partial charge is 0.395 e. The third kappa shape index (κ3) is 10.4. The second kappa shape index (κ2) is 8.31. The lowest BCUT2D eigenvalue weighted by Crippen LogP contribution is -2.36. The topological polar surface area (TPSA) is 18.5 Å². The molecular weight excluding hydrogens is 204 g/mol. The predicted molar refractivity (Wildman–Crippen MR) is 68.4 cm³/mol. The van der Waals surface area contributed by atoms with Crippen LogP contribution in [0.4, 0.5) is 0 Å². The summed E-state index contributed by atoms with van der Waals surface area (Å²) in [6, 6.07) is 0. The van der Waals surface area contributed by atoms with Crippen LogP contribution in [-0.2, 0) is 8.85 Å². The fraction of sp³-hybridized carbons (Fsp3) is 1.00. The Kier molecular flexibility index (Phi) is 8.38. The standard InChI is InChI=1S/C12H28O2Si/c1-6-7-8-9-10-13-15(4,5)14-11-12(2)3/h12H,6-11H2,1-5H3. The van der Waals surface area contributed by atoms with Crippen molar-refractivity contribution in [3.05, 3.63) is 0 Å². The van der Waals surface area contributed by atoms with Crippen molar-refractivity contribution in [2.45, 2.75) is 59.5 Å². The zero-order valence-electron chi connectivity index (χ0n) is 11.1. The van der Waals surface area contributed by atoms with E-state index in [1.807, 2.05) is 0 Å². The number of rotatable bonds is 9. The first-order valence-electron chi connectivity index (χ1n) is 6.26. The molecule has 0 bridgehead atoms. The van der Waals surface area contributed by atoms with E-state index in [0.29, 0.717) is 5.92 Å². The van der Waals surface area contributed by atoms with E-state index < -0.39 is 8.56 Å². The minimum absolute atomic E-state index is 0.598. The van der Waals surface area contributed by atoms with E-state index in [1.54, 1.807) is 0 Å². The van der Waals surface area contributed by atoms with Crippen LogP contribution in [0, 0.1) is 5.92 Å². The summed E-state index contributed by atoms with van der Waals surface area (Å²) in [7, 11) is -1.83. The molecule has 0 rings (SSSR count). The molecule has 0 aromatic rings. The molecule has 0 atom stereocenters. The van der Waals surface area contributed by atoms with E-state index in [1.165, 1.54) is 25.7 Å². The molecule has 0 aromatic heterocycles. The van der Waals surface area contributed by atoms with Crippen molar-refractivity contribution >= 4 is 8.56 Å². The molecule has 0 spiro atoms. The third-order valence-corrected chi connectivity index (χ3v) is 3.97. The van der Waals surface area contributed by atoms with Crippen LogP contribution in [0.15, 0.2) is 0 Å². The molecule has 0 N–H and O–H groups in total. The van der Waals surface area contributed by atoms with Crippen molar-refractivity contribution in [1.82, 2.24) is 0 Å². The molecule has 0 heterocycles. The highest BCUT2D eigenvalue weighted by Crippen LogP contribution is 2.10. The van der Waals surface area contributed by atoms with Gasteiger partial charge in [0, 0.05) is 13.2 Å². The van der Waals surface area contributed by atoms with E-state index in [4.69, 9.17) is 8.85 Å². The fourth-order valence-corrected chi connectivity index (χ4v) is 2.71. The van der Waals surface area contributed by atoms with Gasteiger partial charge in [0.1, 0.15) is 0 Å². The minimum atomic E-state index is -1.83. The Morgan fingerprint density at radius 3 is 2.20 bits per heavy atom. The summed E-state index contributed by atoms with van der Waals surface area (Å²) in [5.74, 6) is 0.598. The van der Waals surface area contributed by atoms with Crippen LogP contribution < -0.4 is 0 Å². The molecule has 0 aliphatic heterocycles. The van der Waals surface area contributed by atoms with E-state index in [-0.39, 0.29) is 0 Å². The summed E-state index contributed by atoms with van der Waals surface area (Å²) in [5.41, 5.74) is 0. The second-order valence-electron chi connectivity index (χ2n) is 5.01. The summed E-state index contributed by atoms with van der Waals surface area (Å²) < 4.78 is 11.7. The Morgan fingerprint density at radius 2 is 1.67 bits per heavy atom.